The first-order valence-corrected chi connectivity index (χ1v) is 6.33. The largest absolute Gasteiger partial charge is 0.381 e. The highest BCUT2D eigenvalue weighted by atomic mass is 32.1. The van der Waals surface area contributed by atoms with Gasteiger partial charge < -0.3 is 10.1 Å². The molecule has 4 heteroatoms. The van der Waals surface area contributed by atoms with Gasteiger partial charge in [0.25, 0.3) is 0 Å². The summed E-state index contributed by atoms with van der Waals surface area (Å²) in [6.07, 6.45) is 4.39. The molecule has 2 atom stereocenters. The molecule has 0 aliphatic carbocycles. The van der Waals surface area contributed by atoms with Gasteiger partial charge in [-0.3, -0.25) is 0 Å². The van der Waals surface area contributed by atoms with E-state index < -0.39 is 0 Å². The Morgan fingerprint density at radius 2 is 2.53 bits per heavy atom. The minimum atomic E-state index is 0.403. The molecular weight excluding hydrogens is 208 g/mol. The molecule has 0 radical (unpaired) electrons. The van der Waals surface area contributed by atoms with Crippen molar-refractivity contribution in [2.24, 2.45) is 0 Å². The second-order valence-electron chi connectivity index (χ2n) is 4.03. The van der Waals surface area contributed by atoms with Crippen molar-refractivity contribution in [3.8, 4) is 0 Å². The summed E-state index contributed by atoms with van der Waals surface area (Å²) in [5, 5.41) is 4.48. The molecule has 15 heavy (non-hydrogen) atoms. The molecule has 1 fully saturated rings. The van der Waals surface area contributed by atoms with Gasteiger partial charge in [0.2, 0.25) is 0 Å². The lowest BCUT2D eigenvalue weighted by Gasteiger charge is -2.19. The van der Waals surface area contributed by atoms with Crippen LogP contribution in [0.5, 0.6) is 0 Å². The summed E-state index contributed by atoms with van der Waals surface area (Å²) in [5.41, 5.74) is 0. The zero-order valence-corrected chi connectivity index (χ0v) is 10.1. The number of hydrogen-bond acceptors (Lipinski definition) is 4. The lowest BCUT2D eigenvalue weighted by atomic mass is 10.0. The van der Waals surface area contributed by atoms with E-state index >= 15 is 0 Å². The predicted octanol–water partition coefficient (Wildman–Crippen LogP) is 2.32. The highest BCUT2D eigenvalue weighted by molar-refractivity contribution is 7.11. The monoisotopic (exact) mass is 226 g/mol. The Labute approximate surface area is 94.9 Å². The molecule has 3 nitrogen and oxygen atoms in total. The first kappa shape index (κ1) is 11.0. The van der Waals surface area contributed by atoms with Crippen molar-refractivity contribution in [3.05, 3.63) is 16.1 Å². The van der Waals surface area contributed by atoms with Crippen molar-refractivity contribution in [3.63, 3.8) is 0 Å². The number of ether oxygens (including phenoxy) is 1. The molecule has 2 heterocycles. The second-order valence-corrected chi connectivity index (χ2v) is 5.12. The van der Waals surface area contributed by atoms with Crippen LogP contribution in [0.15, 0.2) is 6.20 Å². The van der Waals surface area contributed by atoms with Crippen LogP contribution in [-0.4, -0.2) is 25.2 Å². The molecule has 1 saturated heterocycles. The summed E-state index contributed by atoms with van der Waals surface area (Å²) in [5.74, 6) is 0.529. The fraction of sp³-hybridized carbons (Fsp3) is 0.727. The topological polar surface area (TPSA) is 34.2 Å². The van der Waals surface area contributed by atoms with Crippen molar-refractivity contribution < 1.29 is 4.74 Å². The zero-order chi connectivity index (χ0) is 10.7. The Hall–Kier alpha value is -0.450. The third-order valence-corrected chi connectivity index (χ3v) is 4.25. The first-order chi connectivity index (χ1) is 7.31. The lowest BCUT2D eigenvalue weighted by Crippen LogP contribution is -2.15. The molecule has 0 spiro atoms. The Morgan fingerprint density at radius 1 is 1.67 bits per heavy atom. The van der Waals surface area contributed by atoms with Gasteiger partial charge in [-0.2, -0.15) is 0 Å². The molecule has 84 valence electrons. The summed E-state index contributed by atoms with van der Waals surface area (Å²) in [6, 6.07) is 0.403. The van der Waals surface area contributed by atoms with Crippen molar-refractivity contribution in [1.29, 1.82) is 0 Å². The maximum atomic E-state index is 5.48. The Balaban J connectivity index is 2.05. The molecule has 0 bridgehead atoms. The molecule has 1 N–H and O–H groups in total. The highest BCUT2D eigenvalue weighted by Crippen LogP contribution is 2.30. The Morgan fingerprint density at radius 3 is 3.20 bits per heavy atom. The number of nitrogens with zero attached hydrogens (tertiary/aromatic N) is 1. The van der Waals surface area contributed by atoms with E-state index in [4.69, 9.17) is 4.74 Å². The van der Waals surface area contributed by atoms with Gasteiger partial charge in [-0.1, -0.05) is 0 Å². The van der Waals surface area contributed by atoms with E-state index in [9.17, 15) is 0 Å². The fourth-order valence-corrected chi connectivity index (χ4v) is 2.87. The Bertz CT molecular complexity index is 307. The average molecular weight is 226 g/mol. The van der Waals surface area contributed by atoms with Gasteiger partial charge in [-0.05, 0) is 26.8 Å². The molecule has 1 aliphatic rings. The van der Waals surface area contributed by atoms with Crippen molar-refractivity contribution in [2.75, 3.05) is 20.3 Å². The SMILES string of the molecule is CNC(C)c1cnc(C2CCCOC2)s1. The third kappa shape index (κ3) is 2.56. The number of nitrogens with one attached hydrogen (secondary N) is 1. The lowest BCUT2D eigenvalue weighted by molar-refractivity contribution is 0.0804. The van der Waals surface area contributed by atoms with Gasteiger partial charge in [0.15, 0.2) is 0 Å². The van der Waals surface area contributed by atoms with Crippen molar-refractivity contribution in [1.82, 2.24) is 10.3 Å². The summed E-state index contributed by atoms with van der Waals surface area (Å²) in [7, 11) is 1.98. The maximum Gasteiger partial charge on any atom is 0.0982 e. The smallest absolute Gasteiger partial charge is 0.0982 e. The molecule has 2 unspecified atom stereocenters. The van der Waals surface area contributed by atoms with Crippen LogP contribution in [0, 0.1) is 0 Å². The fourth-order valence-electron chi connectivity index (χ4n) is 1.77. The number of aromatic nitrogens is 1. The predicted molar refractivity (Wildman–Crippen MR) is 62.4 cm³/mol. The van der Waals surface area contributed by atoms with Crippen molar-refractivity contribution >= 4 is 11.3 Å². The molecule has 0 amide bonds. The van der Waals surface area contributed by atoms with Crippen LogP contribution < -0.4 is 5.32 Å². The summed E-state index contributed by atoms with van der Waals surface area (Å²) in [4.78, 5) is 5.83. The van der Waals surface area contributed by atoms with Gasteiger partial charge in [0, 0.05) is 29.6 Å². The number of thiazole rings is 1. The van der Waals surface area contributed by atoms with Gasteiger partial charge in [0.05, 0.1) is 11.6 Å². The molecule has 0 aromatic carbocycles. The average Bonchev–Trinajstić information content (AvgIpc) is 2.78. The highest BCUT2D eigenvalue weighted by Gasteiger charge is 2.20. The van der Waals surface area contributed by atoms with Gasteiger partial charge in [-0.15, -0.1) is 11.3 Å². The van der Waals surface area contributed by atoms with Gasteiger partial charge in [0.1, 0.15) is 0 Å². The van der Waals surface area contributed by atoms with Crippen LogP contribution in [0.4, 0.5) is 0 Å². The van der Waals surface area contributed by atoms with E-state index in [1.165, 1.54) is 22.7 Å². The molecule has 1 aliphatic heterocycles. The van der Waals surface area contributed by atoms with Crippen LogP contribution in [-0.2, 0) is 4.74 Å². The van der Waals surface area contributed by atoms with E-state index in [2.05, 4.69) is 17.2 Å². The zero-order valence-electron chi connectivity index (χ0n) is 9.32. The Kier molecular flexibility index (Phi) is 3.72. The van der Waals surface area contributed by atoms with Crippen LogP contribution in [0.25, 0.3) is 0 Å². The summed E-state index contributed by atoms with van der Waals surface area (Å²) >= 11 is 1.82. The molecule has 1 aromatic heterocycles. The normalized spacial score (nSPS) is 24.0. The van der Waals surface area contributed by atoms with E-state index in [-0.39, 0.29) is 0 Å². The molecular formula is C11H18N2OS. The first-order valence-electron chi connectivity index (χ1n) is 5.52. The van der Waals surface area contributed by atoms with Gasteiger partial charge in [-0.25, -0.2) is 4.98 Å². The minimum absolute atomic E-state index is 0.403. The minimum Gasteiger partial charge on any atom is -0.381 e. The quantitative estimate of drug-likeness (QED) is 0.859. The van der Waals surface area contributed by atoms with E-state index in [1.807, 2.05) is 24.6 Å². The second kappa shape index (κ2) is 5.05. The summed E-state index contributed by atoms with van der Waals surface area (Å²) in [6.45, 7) is 3.93. The van der Waals surface area contributed by atoms with E-state index in [1.54, 1.807) is 0 Å². The van der Waals surface area contributed by atoms with E-state index in [0.29, 0.717) is 12.0 Å². The molecule has 1 aromatic rings. The number of hydrogen-bond donors (Lipinski definition) is 1. The van der Waals surface area contributed by atoms with Crippen LogP contribution in [0.1, 0.15) is 41.6 Å². The molecule has 2 rings (SSSR count). The van der Waals surface area contributed by atoms with Crippen LogP contribution >= 0.6 is 11.3 Å². The van der Waals surface area contributed by atoms with Gasteiger partial charge >= 0.3 is 0 Å². The maximum absolute atomic E-state index is 5.48. The third-order valence-electron chi connectivity index (χ3n) is 2.91. The summed E-state index contributed by atoms with van der Waals surface area (Å²) < 4.78 is 5.48. The van der Waals surface area contributed by atoms with Crippen LogP contribution in [0.2, 0.25) is 0 Å². The van der Waals surface area contributed by atoms with Crippen molar-refractivity contribution in [2.45, 2.75) is 31.7 Å². The standard InChI is InChI=1S/C11H18N2OS/c1-8(12-2)10-6-13-11(15-10)9-4-3-5-14-7-9/h6,8-9,12H,3-5,7H2,1-2H3. The molecule has 0 saturated carbocycles. The van der Waals surface area contributed by atoms with E-state index in [0.717, 1.165) is 13.2 Å². The number of rotatable bonds is 3. The van der Waals surface area contributed by atoms with Crippen LogP contribution in [0.3, 0.4) is 0 Å².